The Kier molecular flexibility index (Phi) is 13.7. The molecule has 61 heavy (non-hydrogen) atoms. The number of aliphatic hydroxyl groups is 1. The lowest BCUT2D eigenvalue weighted by Gasteiger charge is -2.28. The van der Waals surface area contributed by atoms with Crippen LogP contribution in [0, 0.1) is 17.2 Å². The van der Waals surface area contributed by atoms with Crippen molar-refractivity contribution in [3.8, 4) is 6.07 Å². The SMILES string of the molecule is CC(C)C(=O)Nc1nc2c(ncn2[C@@H]2O[C@H](COP(=S)(OCCC#N)O[C@H]3[C@H](F)[C@H](n4nnc5c(NC(=O)c6ccccc6)ncnc54)O[C@@H]3CO)C[C@@H]2O[PH](=O)O)c(=O)[nH]1. The summed E-state index contributed by atoms with van der Waals surface area (Å²) >= 11 is 5.67. The van der Waals surface area contributed by atoms with Crippen LogP contribution in [0.1, 0.15) is 49.5 Å². The van der Waals surface area contributed by atoms with Gasteiger partial charge in [-0.05, 0) is 23.9 Å². The van der Waals surface area contributed by atoms with Crippen LogP contribution in [-0.4, -0.2) is 117 Å². The number of fused-ring (bicyclic) bond motifs is 2. The van der Waals surface area contributed by atoms with Gasteiger partial charge in [0.05, 0.1) is 44.7 Å². The third kappa shape index (κ3) is 9.72. The number of aliphatic hydroxyl groups excluding tert-OH is 1. The summed E-state index contributed by atoms with van der Waals surface area (Å²) < 4.78 is 65.8. The Balaban J connectivity index is 1.09. The van der Waals surface area contributed by atoms with Gasteiger partial charge in [0.25, 0.3) is 11.5 Å². The molecule has 2 fully saturated rings. The van der Waals surface area contributed by atoms with Gasteiger partial charge >= 0.3 is 15.0 Å². The molecule has 2 unspecified atom stereocenters. The number of carbonyl (C=O) groups is 2. The smallest absolute Gasteiger partial charge is 0.327 e. The number of aromatic nitrogens is 9. The van der Waals surface area contributed by atoms with Crippen molar-refractivity contribution in [3.63, 3.8) is 0 Å². The Hall–Kier alpha value is -5.03. The fourth-order valence-corrected chi connectivity index (χ4v) is 8.91. The number of alkyl halides is 1. The lowest BCUT2D eigenvalue weighted by atomic mass is 10.1. The molecule has 0 aliphatic carbocycles. The molecule has 2 aliphatic heterocycles. The van der Waals surface area contributed by atoms with Gasteiger partial charge in [-0.2, -0.15) is 14.9 Å². The van der Waals surface area contributed by atoms with Crippen LogP contribution in [0.3, 0.4) is 0 Å². The number of nitrogens with one attached hydrogen (secondary N) is 3. The summed E-state index contributed by atoms with van der Waals surface area (Å²) in [6.45, 7) is -2.25. The van der Waals surface area contributed by atoms with Gasteiger partial charge in [-0.1, -0.05) is 37.3 Å². The van der Waals surface area contributed by atoms with Crippen molar-refractivity contribution in [3.05, 3.63) is 58.9 Å². The normalized spacial score (nSPS) is 24.2. The molecule has 324 valence electrons. The van der Waals surface area contributed by atoms with Crippen LogP contribution < -0.4 is 16.2 Å². The highest BCUT2D eigenvalue weighted by Gasteiger charge is 2.51. The van der Waals surface area contributed by atoms with E-state index in [0.29, 0.717) is 5.56 Å². The number of anilines is 2. The number of imidazole rings is 1. The molecule has 1 aromatic carbocycles. The minimum atomic E-state index is -4.05. The van der Waals surface area contributed by atoms with E-state index in [-0.39, 0.29) is 53.5 Å². The van der Waals surface area contributed by atoms with Gasteiger partial charge in [-0.15, -0.1) is 5.10 Å². The average molecular weight is 907 g/mol. The van der Waals surface area contributed by atoms with Crippen LogP contribution in [0.15, 0.2) is 47.8 Å². The predicted octanol–water partition coefficient (Wildman–Crippen LogP) is 2.04. The maximum absolute atomic E-state index is 16.5. The van der Waals surface area contributed by atoms with Crippen molar-refractivity contribution >= 4 is 72.7 Å². The standard InChI is InChI=1S/C33H37FN12O12P2S/c1-16(2)28(48)41-33-40-27-23(30(50)42-33)38-15-45(27)31-19(57-59(51)52)11-18(55-31)13-54-60(61,53-10-6-9-35)58-24-20(12-47)56-32(21(24)34)46-26-22(43-44-46)25(36-14-37-26)39-29(49)17-7-4-3-5-8-17/h3-5,7-8,14-16,18-21,24,31-32,47,59H,6,10-13H2,1-2H3,(H,51,52)(H,36,37,39,49)(H2,40,41,42,48,50)/t18-,19-,20+,21-,24+,31+,32+,60?/m0/s1. The van der Waals surface area contributed by atoms with E-state index in [2.05, 4.69) is 45.9 Å². The maximum atomic E-state index is 16.5. The van der Waals surface area contributed by atoms with E-state index < -0.39 is 94.5 Å². The summed E-state index contributed by atoms with van der Waals surface area (Å²) in [6, 6.07) is 10.2. The summed E-state index contributed by atoms with van der Waals surface area (Å²) in [6.07, 6.45) is -7.97. The minimum Gasteiger partial charge on any atom is -0.394 e. The molecule has 5 N–H and O–H groups in total. The molecule has 0 bridgehead atoms. The van der Waals surface area contributed by atoms with Crippen molar-refractivity contribution in [2.24, 2.45) is 5.92 Å². The maximum Gasteiger partial charge on any atom is 0.327 e. The average Bonchev–Trinajstić information content (AvgIpc) is 4.02. The van der Waals surface area contributed by atoms with E-state index in [9.17, 15) is 34.2 Å². The zero-order chi connectivity index (χ0) is 43.4. The van der Waals surface area contributed by atoms with Crippen molar-refractivity contribution in [2.75, 3.05) is 30.5 Å². The first-order valence-electron chi connectivity index (χ1n) is 18.4. The number of hydrogen-bond donors (Lipinski definition) is 5. The first-order chi connectivity index (χ1) is 29.3. The number of nitriles is 1. The molecular formula is C33H37FN12O12P2S. The molecule has 9 atom stereocenters. The predicted molar refractivity (Wildman–Crippen MR) is 211 cm³/mol. The molecule has 2 amide bonds. The molecule has 6 heterocycles. The summed E-state index contributed by atoms with van der Waals surface area (Å²) in [4.78, 5) is 66.8. The fourth-order valence-electron chi connectivity index (χ4n) is 6.32. The second-order valence-electron chi connectivity index (χ2n) is 13.7. The molecule has 5 aromatic rings. The zero-order valence-electron chi connectivity index (χ0n) is 31.9. The number of ether oxygens (including phenoxy) is 2. The minimum absolute atomic E-state index is 0.00833. The van der Waals surface area contributed by atoms with Crippen LogP contribution in [0.2, 0.25) is 0 Å². The van der Waals surface area contributed by atoms with E-state index in [0.717, 1.165) is 11.0 Å². The Bertz CT molecular complexity index is 2580. The van der Waals surface area contributed by atoms with Crippen molar-refractivity contribution < 1.29 is 56.1 Å². The van der Waals surface area contributed by atoms with Gasteiger partial charge in [0.15, 0.2) is 46.8 Å². The Morgan fingerprint density at radius 3 is 2.66 bits per heavy atom. The zero-order valence-corrected chi connectivity index (χ0v) is 34.6. The van der Waals surface area contributed by atoms with Crippen LogP contribution in [-0.2, 0) is 48.7 Å². The van der Waals surface area contributed by atoms with Crippen LogP contribution in [0.5, 0.6) is 0 Å². The highest BCUT2D eigenvalue weighted by atomic mass is 32.5. The quantitative estimate of drug-likeness (QED) is 0.0658. The van der Waals surface area contributed by atoms with Gasteiger partial charge in [-0.25, -0.2) is 19.3 Å². The van der Waals surface area contributed by atoms with Crippen molar-refractivity contribution in [2.45, 2.75) is 69.7 Å². The van der Waals surface area contributed by atoms with Gasteiger partial charge in [0.2, 0.25) is 11.9 Å². The second-order valence-corrected chi connectivity index (χ2v) is 17.4. The first kappa shape index (κ1) is 44.0. The van der Waals surface area contributed by atoms with Crippen LogP contribution in [0.4, 0.5) is 16.2 Å². The van der Waals surface area contributed by atoms with E-state index in [4.69, 9.17) is 39.4 Å². The van der Waals surface area contributed by atoms with Gasteiger partial charge in [0.1, 0.15) is 24.6 Å². The number of nitrogens with zero attached hydrogens (tertiary/aromatic N) is 9. The fraction of sp³-hybridized carbons (Fsp3) is 0.455. The number of hydrogen-bond acceptors (Lipinski definition) is 19. The molecule has 24 nitrogen and oxygen atoms in total. The number of halogens is 1. The highest BCUT2D eigenvalue weighted by Crippen LogP contribution is 2.55. The lowest BCUT2D eigenvalue weighted by molar-refractivity contribution is -0.118. The van der Waals surface area contributed by atoms with E-state index in [1.165, 1.54) is 10.9 Å². The molecule has 2 saturated heterocycles. The third-order valence-electron chi connectivity index (χ3n) is 9.22. The molecule has 7 rings (SSSR count). The first-order valence-corrected chi connectivity index (χ1v) is 22.2. The third-order valence-corrected chi connectivity index (χ3v) is 12.1. The van der Waals surface area contributed by atoms with Crippen molar-refractivity contribution in [1.82, 2.24) is 44.5 Å². The van der Waals surface area contributed by atoms with Gasteiger partial charge in [0, 0.05) is 17.9 Å². The number of H-pyrrole nitrogens is 1. The van der Waals surface area contributed by atoms with Gasteiger partial charge in [-0.3, -0.25) is 38.3 Å². The molecule has 0 spiro atoms. The summed E-state index contributed by atoms with van der Waals surface area (Å²) in [5, 5.41) is 32.6. The summed E-state index contributed by atoms with van der Waals surface area (Å²) in [5.74, 6) is -1.55. The van der Waals surface area contributed by atoms with Crippen molar-refractivity contribution in [1.29, 1.82) is 5.26 Å². The van der Waals surface area contributed by atoms with Gasteiger partial charge < -0.3 is 38.4 Å². The van der Waals surface area contributed by atoms with Crippen LogP contribution >= 0.6 is 15.0 Å². The van der Waals surface area contributed by atoms with E-state index in [1.54, 1.807) is 44.2 Å². The molecule has 0 radical (unpaired) electrons. The van der Waals surface area contributed by atoms with E-state index in [1.807, 2.05) is 6.07 Å². The lowest BCUT2D eigenvalue weighted by Crippen LogP contribution is -2.34. The Morgan fingerprint density at radius 1 is 1.15 bits per heavy atom. The molecule has 0 saturated carbocycles. The number of carbonyl (C=O) groups excluding carboxylic acids is 2. The highest BCUT2D eigenvalue weighted by molar-refractivity contribution is 8.07. The second kappa shape index (κ2) is 18.9. The molecule has 2 aliphatic rings. The largest absolute Gasteiger partial charge is 0.394 e. The Morgan fingerprint density at radius 2 is 1.93 bits per heavy atom. The number of aromatic amines is 1. The number of benzene rings is 1. The molecular weight excluding hydrogens is 869 g/mol. The number of rotatable bonds is 17. The van der Waals surface area contributed by atoms with E-state index >= 15 is 4.39 Å². The Labute approximate surface area is 348 Å². The van der Waals surface area contributed by atoms with Crippen LogP contribution in [0.25, 0.3) is 22.3 Å². The topological polar surface area (TPSA) is 315 Å². The summed E-state index contributed by atoms with van der Waals surface area (Å²) in [7, 11) is -3.56. The number of amides is 2. The molecule has 4 aromatic heterocycles. The monoisotopic (exact) mass is 906 g/mol. The molecule has 28 heteroatoms. The summed E-state index contributed by atoms with van der Waals surface area (Å²) in [5.41, 5.74) is -0.544.